The molecule has 2 N–H and O–H groups in total. The van der Waals surface area contributed by atoms with E-state index in [-0.39, 0.29) is 13.2 Å². The topological polar surface area (TPSA) is 79.1 Å². The zero-order chi connectivity index (χ0) is 7.66. The molecular formula is C5H9N3O2. The number of aromatic nitrogens is 3. The molecule has 0 atom stereocenters. The first-order chi connectivity index (χ1) is 4.91. The second kappa shape index (κ2) is 7.93. The van der Waals surface area contributed by atoms with E-state index in [1.54, 1.807) is 0 Å². The number of rotatable bonds is 1. The van der Waals surface area contributed by atoms with E-state index in [2.05, 4.69) is 15.0 Å². The predicted molar refractivity (Wildman–Crippen MR) is 34.0 cm³/mol. The summed E-state index contributed by atoms with van der Waals surface area (Å²) in [4.78, 5) is 10.7. The Morgan fingerprint density at radius 1 is 0.800 bits per heavy atom. The van der Waals surface area contributed by atoms with Crippen molar-refractivity contribution in [2.24, 2.45) is 0 Å². The third-order valence-electron chi connectivity index (χ3n) is 0.500. The van der Waals surface area contributed by atoms with Gasteiger partial charge in [0.15, 0.2) is 0 Å². The minimum absolute atomic E-state index is 0.125. The van der Waals surface area contributed by atoms with Gasteiger partial charge in [0.1, 0.15) is 19.0 Å². The Bertz CT molecular complexity index is 107. The van der Waals surface area contributed by atoms with E-state index >= 15 is 0 Å². The van der Waals surface area contributed by atoms with Crippen molar-refractivity contribution in [2.75, 3.05) is 13.2 Å². The maximum absolute atomic E-state index is 7.62. The van der Waals surface area contributed by atoms with Crippen LogP contribution >= 0.6 is 0 Å². The predicted octanol–water partition coefficient (Wildman–Crippen LogP) is -1.16. The average molecular weight is 143 g/mol. The van der Waals surface area contributed by atoms with Crippen LogP contribution in [0, 0.1) is 0 Å². The highest BCUT2D eigenvalue weighted by Gasteiger charge is 1.59. The number of nitrogens with zero attached hydrogens (tertiary/aromatic N) is 3. The van der Waals surface area contributed by atoms with Gasteiger partial charge < -0.3 is 10.2 Å². The molecule has 1 aromatic heterocycles. The van der Waals surface area contributed by atoms with Crippen LogP contribution in [0.1, 0.15) is 0 Å². The van der Waals surface area contributed by atoms with E-state index < -0.39 is 0 Å². The third kappa shape index (κ3) is 6.93. The molecule has 1 aromatic rings. The van der Waals surface area contributed by atoms with E-state index in [1.807, 2.05) is 0 Å². The van der Waals surface area contributed by atoms with E-state index in [4.69, 9.17) is 10.2 Å². The maximum Gasteiger partial charge on any atom is 0.119 e. The van der Waals surface area contributed by atoms with Gasteiger partial charge in [0.25, 0.3) is 0 Å². The highest BCUT2D eigenvalue weighted by Crippen LogP contribution is 1.57. The molecule has 0 fully saturated rings. The molecule has 0 saturated heterocycles. The molecule has 0 spiro atoms. The molecule has 10 heavy (non-hydrogen) atoms. The Morgan fingerprint density at radius 2 is 1.10 bits per heavy atom. The molecule has 0 aliphatic carbocycles. The smallest absolute Gasteiger partial charge is 0.119 e. The molecule has 0 aromatic carbocycles. The normalized spacial score (nSPS) is 7.80. The minimum atomic E-state index is -0.125. The van der Waals surface area contributed by atoms with Crippen LogP contribution in [0.3, 0.4) is 0 Å². The molecule has 5 heteroatoms. The van der Waals surface area contributed by atoms with Crippen molar-refractivity contribution < 1.29 is 10.2 Å². The standard InChI is InChI=1S/C3H3N3.C2H6O2/c1-4-2-6-3-5-1;3-1-2-4/h1-3H;3-4H,1-2H2. The summed E-state index contributed by atoms with van der Waals surface area (Å²) in [5.74, 6) is 0. The fourth-order valence-electron chi connectivity index (χ4n) is 0.205. The van der Waals surface area contributed by atoms with Gasteiger partial charge in [-0.05, 0) is 0 Å². The van der Waals surface area contributed by atoms with Crippen molar-refractivity contribution >= 4 is 0 Å². The van der Waals surface area contributed by atoms with Crippen molar-refractivity contribution in [1.29, 1.82) is 0 Å². The maximum atomic E-state index is 7.62. The van der Waals surface area contributed by atoms with Gasteiger partial charge in [0, 0.05) is 0 Å². The molecule has 0 amide bonds. The van der Waals surface area contributed by atoms with Crippen LogP contribution in [0.2, 0.25) is 0 Å². The van der Waals surface area contributed by atoms with Crippen molar-refractivity contribution in [3.05, 3.63) is 19.0 Å². The summed E-state index contributed by atoms with van der Waals surface area (Å²) in [7, 11) is 0. The molecule has 0 aliphatic heterocycles. The second-order valence-corrected chi connectivity index (χ2v) is 1.24. The zero-order valence-electron chi connectivity index (χ0n) is 5.38. The first-order valence-electron chi connectivity index (χ1n) is 2.68. The molecule has 0 radical (unpaired) electrons. The zero-order valence-corrected chi connectivity index (χ0v) is 5.38. The summed E-state index contributed by atoms with van der Waals surface area (Å²) in [6, 6.07) is 0. The van der Waals surface area contributed by atoms with Gasteiger partial charge in [-0.3, -0.25) is 0 Å². The number of aliphatic hydroxyl groups excluding tert-OH is 2. The Labute approximate surface area is 58.4 Å². The van der Waals surface area contributed by atoms with Crippen molar-refractivity contribution in [3.8, 4) is 0 Å². The summed E-state index contributed by atoms with van der Waals surface area (Å²) >= 11 is 0. The summed E-state index contributed by atoms with van der Waals surface area (Å²) in [5.41, 5.74) is 0. The number of hydrogen-bond donors (Lipinski definition) is 2. The van der Waals surface area contributed by atoms with E-state index in [0.717, 1.165) is 0 Å². The van der Waals surface area contributed by atoms with Crippen LogP contribution in [0.5, 0.6) is 0 Å². The summed E-state index contributed by atoms with van der Waals surface area (Å²) in [5, 5.41) is 15.2. The largest absolute Gasteiger partial charge is 0.394 e. The van der Waals surface area contributed by atoms with Crippen molar-refractivity contribution in [3.63, 3.8) is 0 Å². The van der Waals surface area contributed by atoms with Gasteiger partial charge in [-0.1, -0.05) is 0 Å². The van der Waals surface area contributed by atoms with Gasteiger partial charge in [-0.15, -0.1) is 0 Å². The van der Waals surface area contributed by atoms with E-state index in [9.17, 15) is 0 Å². The summed E-state index contributed by atoms with van der Waals surface area (Å²) < 4.78 is 0. The minimum Gasteiger partial charge on any atom is -0.394 e. The van der Waals surface area contributed by atoms with Crippen molar-refractivity contribution in [1.82, 2.24) is 15.0 Å². The third-order valence-corrected chi connectivity index (χ3v) is 0.500. The molecule has 1 rings (SSSR count). The quantitative estimate of drug-likeness (QED) is 0.518. The van der Waals surface area contributed by atoms with Crippen LogP contribution in [-0.2, 0) is 0 Å². The molecule has 1 heterocycles. The van der Waals surface area contributed by atoms with Gasteiger partial charge in [-0.25, -0.2) is 15.0 Å². The van der Waals surface area contributed by atoms with E-state index in [1.165, 1.54) is 19.0 Å². The fourth-order valence-corrected chi connectivity index (χ4v) is 0.205. The van der Waals surface area contributed by atoms with Crippen LogP contribution in [0.25, 0.3) is 0 Å². The van der Waals surface area contributed by atoms with Crippen LogP contribution in [0.4, 0.5) is 0 Å². The van der Waals surface area contributed by atoms with Gasteiger partial charge in [0.2, 0.25) is 0 Å². The SMILES string of the molecule is OCCO.c1ncncn1. The molecule has 0 bridgehead atoms. The molecule has 0 unspecified atom stereocenters. The molecule has 56 valence electrons. The first-order valence-corrected chi connectivity index (χ1v) is 2.68. The fraction of sp³-hybridized carbons (Fsp3) is 0.400. The van der Waals surface area contributed by atoms with Crippen LogP contribution < -0.4 is 0 Å². The number of aliphatic hydroxyl groups is 2. The highest BCUT2D eigenvalue weighted by atomic mass is 16.3. The Hall–Kier alpha value is -1.07. The lowest BCUT2D eigenvalue weighted by atomic mass is 10.8. The van der Waals surface area contributed by atoms with Gasteiger partial charge >= 0.3 is 0 Å². The molecule has 0 aliphatic rings. The van der Waals surface area contributed by atoms with Gasteiger partial charge in [0.05, 0.1) is 13.2 Å². The molecule has 0 saturated carbocycles. The number of hydrogen-bond acceptors (Lipinski definition) is 5. The average Bonchev–Trinajstić information content (AvgIpc) is 2.08. The van der Waals surface area contributed by atoms with Crippen molar-refractivity contribution in [2.45, 2.75) is 0 Å². The Morgan fingerprint density at radius 3 is 1.20 bits per heavy atom. The summed E-state index contributed by atoms with van der Waals surface area (Å²) in [6.45, 7) is -0.250. The highest BCUT2D eigenvalue weighted by molar-refractivity contribution is 4.51. The lowest BCUT2D eigenvalue weighted by Crippen LogP contribution is -1.85. The first kappa shape index (κ1) is 8.93. The molecule has 5 nitrogen and oxygen atoms in total. The lowest BCUT2D eigenvalue weighted by Gasteiger charge is -1.70. The summed E-state index contributed by atoms with van der Waals surface area (Å²) in [6.07, 6.45) is 4.31. The lowest BCUT2D eigenvalue weighted by molar-refractivity contribution is 0.186. The second-order valence-electron chi connectivity index (χ2n) is 1.24. The Kier molecular flexibility index (Phi) is 7.08. The molecular weight excluding hydrogens is 134 g/mol. The van der Waals surface area contributed by atoms with Crippen LogP contribution in [-0.4, -0.2) is 38.4 Å². The monoisotopic (exact) mass is 143 g/mol. The Balaban J connectivity index is 0.000000180. The van der Waals surface area contributed by atoms with Crippen LogP contribution in [0.15, 0.2) is 19.0 Å². The van der Waals surface area contributed by atoms with E-state index in [0.29, 0.717) is 0 Å². The van der Waals surface area contributed by atoms with Gasteiger partial charge in [-0.2, -0.15) is 0 Å².